The van der Waals surface area contributed by atoms with E-state index in [-0.39, 0.29) is 23.6 Å². The van der Waals surface area contributed by atoms with E-state index in [1.165, 1.54) is 0 Å². The van der Waals surface area contributed by atoms with Gasteiger partial charge >= 0.3 is 0 Å². The Morgan fingerprint density at radius 1 is 1.17 bits per heavy atom. The molecule has 8 nitrogen and oxygen atoms in total. The predicted molar refractivity (Wildman–Crippen MR) is 114 cm³/mol. The number of nitrogens with one attached hydrogen (secondary N) is 2. The molecule has 0 aliphatic rings. The highest BCUT2D eigenvalue weighted by molar-refractivity contribution is 5.93. The molecule has 0 bridgehead atoms. The van der Waals surface area contributed by atoms with E-state index in [4.69, 9.17) is 4.74 Å². The van der Waals surface area contributed by atoms with Crippen LogP contribution in [0.4, 0.5) is 0 Å². The van der Waals surface area contributed by atoms with Crippen molar-refractivity contribution >= 4 is 16.9 Å². The molecule has 0 saturated carbocycles. The summed E-state index contributed by atoms with van der Waals surface area (Å²) in [5.41, 5.74) is 3.50. The number of benzene rings is 2. The molecular formula is C22H24N6O2. The summed E-state index contributed by atoms with van der Waals surface area (Å²) in [5.74, 6) is 1.26. The van der Waals surface area contributed by atoms with Crippen LogP contribution in [0.15, 0.2) is 48.5 Å². The molecule has 2 aromatic carbocycles. The van der Waals surface area contributed by atoms with E-state index in [2.05, 4.69) is 25.6 Å². The van der Waals surface area contributed by atoms with Crippen molar-refractivity contribution in [1.82, 2.24) is 30.3 Å². The molecule has 1 atom stereocenters. The molecule has 154 valence electrons. The summed E-state index contributed by atoms with van der Waals surface area (Å²) in [5, 5.41) is 11.4. The van der Waals surface area contributed by atoms with Gasteiger partial charge in [-0.1, -0.05) is 37.3 Å². The molecule has 0 saturated heterocycles. The van der Waals surface area contributed by atoms with Crippen LogP contribution in [0.25, 0.3) is 16.7 Å². The van der Waals surface area contributed by atoms with E-state index >= 15 is 0 Å². The average molecular weight is 404 g/mol. The number of nitrogens with zero attached hydrogens (tertiary/aromatic N) is 4. The van der Waals surface area contributed by atoms with Gasteiger partial charge in [-0.25, -0.2) is 9.67 Å². The molecule has 2 N–H and O–H groups in total. The van der Waals surface area contributed by atoms with Gasteiger partial charge in [-0.3, -0.25) is 4.79 Å². The van der Waals surface area contributed by atoms with Gasteiger partial charge in [0.2, 0.25) is 0 Å². The predicted octanol–water partition coefficient (Wildman–Crippen LogP) is 3.59. The van der Waals surface area contributed by atoms with Crippen LogP contribution in [0, 0.1) is 12.8 Å². The van der Waals surface area contributed by atoms with E-state index in [9.17, 15) is 4.79 Å². The van der Waals surface area contributed by atoms with Crippen LogP contribution in [0.3, 0.4) is 0 Å². The lowest BCUT2D eigenvalue weighted by molar-refractivity contribution is 0.0917. The minimum atomic E-state index is -0.291. The molecule has 0 fully saturated rings. The standard InChI is InChI=1S/C22H24N6O2/c1-13(2)19(21-23-17-10-5-6-11-18(17)24-21)25-22(29)20-14(3)28(27-26-20)15-8-7-9-16(12-15)30-4/h5-13,19H,1-4H3,(H,23,24)(H,25,29)/t19-/m0/s1. The third-order valence-corrected chi connectivity index (χ3v) is 5.06. The fourth-order valence-corrected chi connectivity index (χ4v) is 3.41. The van der Waals surface area contributed by atoms with Crippen LogP contribution in [0.1, 0.15) is 41.9 Å². The normalized spacial score (nSPS) is 12.3. The highest BCUT2D eigenvalue weighted by atomic mass is 16.5. The number of aromatic amines is 1. The maximum atomic E-state index is 13.0. The molecule has 2 aromatic heterocycles. The lowest BCUT2D eigenvalue weighted by Gasteiger charge is -2.19. The SMILES string of the molecule is COc1cccc(-n2nnc(C(=O)N[C@H](c3nc4ccccc4[nH]3)C(C)C)c2C)c1. The summed E-state index contributed by atoms with van der Waals surface area (Å²) in [6, 6.07) is 15.0. The highest BCUT2D eigenvalue weighted by Gasteiger charge is 2.25. The zero-order chi connectivity index (χ0) is 21.3. The van der Waals surface area contributed by atoms with Crippen molar-refractivity contribution in [2.45, 2.75) is 26.8 Å². The number of carbonyl (C=O) groups excluding carboxylic acids is 1. The van der Waals surface area contributed by atoms with Gasteiger partial charge in [0.15, 0.2) is 5.69 Å². The van der Waals surface area contributed by atoms with Crippen molar-refractivity contribution in [3.05, 3.63) is 65.7 Å². The molecule has 2 heterocycles. The first-order chi connectivity index (χ1) is 14.5. The van der Waals surface area contributed by atoms with Gasteiger partial charge in [0.25, 0.3) is 5.91 Å². The molecular weight excluding hydrogens is 380 g/mol. The van der Waals surface area contributed by atoms with Gasteiger partial charge in [-0.05, 0) is 37.1 Å². The second-order valence-electron chi connectivity index (χ2n) is 7.47. The lowest BCUT2D eigenvalue weighted by atomic mass is 10.0. The Balaban J connectivity index is 1.61. The monoisotopic (exact) mass is 404 g/mol. The molecule has 0 radical (unpaired) electrons. The maximum Gasteiger partial charge on any atom is 0.274 e. The number of para-hydroxylation sites is 2. The first-order valence-corrected chi connectivity index (χ1v) is 9.80. The maximum absolute atomic E-state index is 13.0. The molecule has 8 heteroatoms. The van der Waals surface area contributed by atoms with Crippen molar-refractivity contribution in [2.75, 3.05) is 7.11 Å². The summed E-state index contributed by atoms with van der Waals surface area (Å²) < 4.78 is 6.90. The van der Waals surface area contributed by atoms with E-state index in [1.807, 2.05) is 69.3 Å². The molecule has 1 amide bonds. The summed E-state index contributed by atoms with van der Waals surface area (Å²) in [6.45, 7) is 5.90. The van der Waals surface area contributed by atoms with Crippen molar-refractivity contribution < 1.29 is 9.53 Å². The van der Waals surface area contributed by atoms with Crippen LogP contribution in [-0.2, 0) is 0 Å². The molecule has 0 unspecified atom stereocenters. The summed E-state index contributed by atoms with van der Waals surface area (Å²) >= 11 is 0. The van der Waals surface area contributed by atoms with Crippen LogP contribution in [0.5, 0.6) is 5.75 Å². The number of fused-ring (bicyclic) bond motifs is 1. The molecule has 30 heavy (non-hydrogen) atoms. The molecule has 4 rings (SSSR count). The zero-order valence-corrected chi connectivity index (χ0v) is 17.4. The Kier molecular flexibility index (Phi) is 5.22. The first-order valence-electron chi connectivity index (χ1n) is 9.80. The number of rotatable bonds is 6. The molecule has 0 aliphatic heterocycles. The van der Waals surface area contributed by atoms with Gasteiger partial charge in [0.1, 0.15) is 11.6 Å². The number of amides is 1. The van der Waals surface area contributed by atoms with Gasteiger partial charge in [-0.15, -0.1) is 5.10 Å². The molecule has 4 aromatic rings. The van der Waals surface area contributed by atoms with Crippen LogP contribution in [0.2, 0.25) is 0 Å². The van der Waals surface area contributed by atoms with E-state index < -0.39 is 0 Å². The lowest BCUT2D eigenvalue weighted by Crippen LogP contribution is -2.33. The second kappa shape index (κ2) is 7.98. The fraction of sp³-hybridized carbons (Fsp3) is 0.273. The number of methoxy groups -OCH3 is 1. The van der Waals surface area contributed by atoms with Crippen molar-refractivity contribution in [3.63, 3.8) is 0 Å². The molecule has 0 spiro atoms. The minimum Gasteiger partial charge on any atom is -0.497 e. The van der Waals surface area contributed by atoms with Crippen LogP contribution in [-0.4, -0.2) is 38.0 Å². The van der Waals surface area contributed by atoms with Gasteiger partial charge in [0.05, 0.1) is 35.6 Å². The van der Waals surface area contributed by atoms with Gasteiger partial charge in [0, 0.05) is 6.07 Å². The van der Waals surface area contributed by atoms with E-state index in [1.54, 1.807) is 11.8 Å². The number of ether oxygens (including phenoxy) is 1. The van der Waals surface area contributed by atoms with E-state index in [0.29, 0.717) is 11.4 Å². The van der Waals surface area contributed by atoms with Crippen molar-refractivity contribution in [1.29, 1.82) is 0 Å². The summed E-state index contributed by atoms with van der Waals surface area (Å²) in [7, 11) is 1.61. The highest BCUT2D eigenvalue weighted by Crippen LogP contribution is 2.23. The Morgan fingerprint density at radius 2 is 1.97 bits per heavy atom. The number of carbonyl (C=O) groups is 1. The van der Waals surface area contributed by atoms with Crippen LogP contribution < -0.4 is 10.1 Å². The third kappa shape index (κ3) is 3.63. The number of hydrogen-bond donors (Lipinski definition) is 2. The Bertz CT molecular complexity index is 1160. The second-order valence-corrected chi connectivity index (χ2v) is 7.47. The Labute approximate surface area is 174 Å². The smallest absolute Gasteiger partial charge is 0.274 e. The third-order valence-electron chi connectivity index (χ3n) is 5.06. The van der Waals surface area contributed by atoms with Gasteiger partial charge in [-0.2, -0.15) is 0 Å². The zero-order valence-electron chi connectivity index (χ0n) is 17.4. The summed E-state index contributed by atoms with van der Waals surface area (Å²) in [6.07, 6.45) is 0. The van der Waals surface area contributed by atoms with Gasteiger partial charge < -0.3 is 15.0 Å². The summed E-state index contributed by atoms with van der Waals surface area (Å²) in [4.78, 5) is 21.0. The fourth-order valence-electron chi connectivity index (χ4n) is 3.41. The molecule has 0 aliphatic carbocycles. The Morgan fingerprint density at radius 3 is 2.70 bits per heavy atom. The number of hydrogen-bond acceptors (Lipinski definition) is 5. The largest absolute Gasteiger partial charge is 0.497 e. The Hall–Kier alpha value is -3.68. The minimum absolute atomic E-state index is 0.128. The van der Waals surface area contributed by atoms with E-state index in [0.717, 1.165) is 22.5 Å². The topological polar surface area (TPSA) is 97.7 Å². The average Bonchev–Trinajstić information content (AvgIpc) is 3.35. The van der Waals surface area contributed by atoms with Crippen molar-refractivity contribution in [3.8, 4) is 11.4 Å². The number of aromatic nitrogens is 5. The number of H-pyrrole nitrogens is 1. The number of imidazole rings is 1. The van der Waals surface area contributed by atoms with Crippen molar-refractivity contribution in [2.24, 2.45) is 5.92 Å². The van der Waals surface area contributed by atoms with Crippen LogP contribution >= 0.6 is 0 Å². The quantitative estimate of drug-likeness (QED) is 0.512. The first kappa shape index (κ1) is 19.6.